The highest BCUT2D eigenvalue weighted by Gasteiger charge is 2.11. The van der Waals surface area contributed by atoms with Gasteiger partial charge in [0.05, 0.1) is 17.1 Å². The number of aromatic nitrogens is 2. The Bertz CT molecular complexity index is 587. The zero-order valence-electron chi connectivity index (χ0n) is 11.2. The summed E-state index contributed by atoms with van der Waals surface area (Å²) in [7, 11) is 1.66. The van der Waals surface area contributed by atoms with Crippen LogP contribution in [0.15, 0.2) is 28.9 Å². The van der Waals surface area contributed by atoms with Gasteiger partial charge < -0.3 is 10.1 Å². The lowest BCUT2D eigenvalue weighted by Crippen LogP contribution is -2.03. The van der Waals surface area contributed by atoms with Gasteiger partial charge in [-0.1, -0.05) is 6.07 Å². The summed E-state index contributed by atoms with van der Waals surface area (Å²) in [5.41, 5.74) is 2.03. The zero-order valence-corrected chi connectivity index (χ0v) is 12.8. The third kappa shape index (κ3) is 3.04. The molecule has 0 aliphatic rings. The molecule has 100 valence electrons. The number of nitrogens with zero attached hydrogens (tertiary/aromatic N) is 2. The highest BCUT2D eigenvalue weighted by molar-refractivity contribution is 9.10. The molecule has 0 radical (unpaired) electrons. The molecule has 0 fully saturated rings. The van der Waals surface area contributed by atoms with Crippen molar-refractivity contribution >= 4 is 21.7 Å². The molecule has 0 saturated heterocycles. The predicted octanol–water partition coefficient (Wildman–Crippen LogP) is 3.65. The summed E-state index contributed by atoms with van der Waals surface area (Å²) in [6.45, 7) is 4.86. The van der Waals surface area contributed by atoms with Gasteiger partial charge in [-0.15, -0.1) is 0 Å². The maximum absolute atomic E-state index is 5.40. The normalized spacial score (nSPS) is 10.3. The van der Waals surface area contributed by atoms with E-state index in [1.807, 2.05) is 32.0 Å². The SMILES string of the molecule is CCNc1nc(-c2ccc(C)cc2OC)ncc1Br. The van der Waals surface area contributed by atoms with E-state index in [-0.39, 0.29) is 0 Å². The van der Waals surface area contributed by atoms with Crippen molar-refractivity contribution in [2.24, 2.45) is 0 Å². The van der Waals surface area contributed by atoms with E-state index >= 15 is 0 Å². The third-order valence-electron chi connectivity index (χ3n) is 2.69. The minimum absolute atomic E-state index is 0.649. The minimum Gasteiger partial charge on any atom is -0.496 e. The molecule has 0 saturated carbocycles. The standard InChI is InChI=1S/C14H16BrN3O/c1-4-16-14-11(15)8-17-13(18-14)10-6-5-9(2)7-12(10)19-3/h5-8H,4H2,1-3H3,(H,16,17,18). The molecule has 0 bridgehead atoms. The van der Waals surface area contributed by atoms with Crippen LogP contribution in [0.4, 0.5) is 5.82 Å². The molecule has 5 heteroatoms. The van der Waals surface area contributed by atoms with Gasteiger partial charge >= 0.3 is 0 Å². The fourth-order valence-corrected chi connectivity index (χ4v) is 2.10. The van der Waals surface area contributed by atoms with Gasteiger partial charge in [0.2, 0.25) is 0 Å². The molecule has 2 aromatic rings. The Morgan fingerprint density at radius 2 is 2.16 bits per heavy atom. The number of methoxy groups -OCH3 is 1. The van der Waals surface area contributed by atoms with Crippen molar-refractivity contribution in [1.29, 1.82) is 0 Å². The quantitative estimate of drug-likeness (QED) is 0.933. The maximum Gasteiger partial charge on any atom is 0.165 e. The number of hydrogen-bond donors (Lipinski definition) is 1. The number of aryl methyl sites for hydroxylation is 1. The van der Waals surface area contributed by atoms with E-state index in [9.17, 15) is 0 Å². The monoisotopic (exact) mass is 321 g/mol. The van der Waals surface area contributed by atoms with E-state index in [4.69, 9.17) is 4.74 Å². The topological polar surface area (TPSA) is 47.0 Å². The summed E-state index contributed by atoms with van der Waals surface area (Å²) in [5, 5.41) is 3.20. The van der Waals surface area contributed by atoms with Crippen LogP contribution in [0.1, 0.15) is 12.5 Å². The molecule has 0 aliphatic heterocycles. The van der Waals surface area contributed by atoms with Crippen LogP contribution in [0, 0.1) is 6.92 Å². The van der Waals surface area contributed by atoms with Crippen LogP contribution in [0.2, 0.25) is 0 Å². The summed E-state index contributed by atoms with van der Waals surface area (Å²) >= 11 is 3.43. The first-order valence-electron chi connectivity index (χ1n) is 6.07. The first-order chi connectivity index (χ1) is 9.15. The number of rotatable bonds is 4. The van der Waals surface area contributed by atoms with Crippen molar-refractivity contribution in [1.82, 2.24) is 9.97 Å². The Labute approximate surface area is 121 Å². The number of ether oxygens (including phenoxy) is 1. The Kier molecular flexibility index (Phi) is 4.37. The van der Waals surface area contributed by atoms with Gasteiger partial charge in [0.25, 0.3) is 0 Å². The summed E-state index contributed by atoms with van der Waals surface area (Å²) in [6.07, 6.45) is 1.75. The van der Waals surface area contributed by atoms with Crippen LogP contribution < -0.4 is 10.1 Å². The number of benzene rings is 1. The van der Waals surface area contributed by atoms with E-state index < -0.39 is 0 Å². The summed E-state index contributed by atoms with van der Waals surface area (Å²) in [5.74, 6) is 2.22. The van der Waals surface area contributed by atoms with E-state index in [0.717, 1.165) is 33.7 Å². The summed E-state index contributed by atoms with van der Waals surface area (Å²) < 4.78 is 6.25. The van der Waals surface area contributed by atoms with Gasteiger partial charge in [-0.2, -0.15) is 0 Å². The first-order valence-corrected chi connectivity index (χ1v) is 6.86. The van der Waals surface area contributed by atoms with Gasteiger partial charge in [0.15, 0.2) is 5.82 Å². The van der Waals surface area contributed by atoms with Crippen molar-refractivity contribution < 1.29 is 4.74 Å². The first kappa shape index (κ1) is 13.8. The molecule has 4 nitrogen and oxygen atoms in total. The molecule has 0 amide bonds. The molecule has 0 aliphatic carbocycles. The molecule has 1 heterocycles. The average molecular weight is 322 g/mol. The second-order valence-corrected chi connectivity index (χ2v) is 4.98. The van der Waals surface area contributed by atoms with Crippen molar-refractivity contribution in [2.75, 3.05) is 19.0 Å². The molecule has 19 heavy (non-hydrogen) atoms. The fourth-order valence-electron chi connectivity index (χ4n) is 1.77. The average Bonchev–Trinajstić information content (AvgIpc) is 2.41. The van der Waals surface area contributed by atoms with E-state index in [1.165, 1.54) is 0 Å². The van der Waals surface area contributed by atoms with E-state index in [1.54, 1.807) is 13.3 Å². The molecule has 0 unspecified atom stereocenters. The van der Waals surface area contributed by atoms with Gasteiger partial charge in [0, 0.05) is 12.7 Å². The molecular weight excluding hydrogens is 306 g/mol. The Balaban J connectivity index is 2.49. The number of nitrogens with one attached hydrogen (secondary N) is 1. The molecule has 1 aromatic carbocycles. The molecular formula is C14H16BrN3O. The maximum atomic E-state index is 5.40. The smallest absolute Gasteiger partial charge is 0.165 e. The van der Waals surface area contributed by atoms with Crippen molar-refractivity contribution in [2.45, 2.75) is 13.8 Å². The largest absolute Gasteiger partial charge is 0.496 e. The lowest BCUT2D eigenvalue weighted by Gasteiger charge is -2.10. The van der Waals surface area contributed by atoms with Gasteiger partial charge in [-0.25, -0.2) is 9.97 Å². The molecule has 1 aromatic heterocycles. The second kappa shape index (κ2) is 6.02. The van der Waals surface area contributed by atoms with Gasteiger partial charge in [-0.3, -0.25) is 0 Å². The number of anilines is 1. The van der Waals surface area contributed by atoms with E-state index in [2.05, 4.69) is 31.2 Å². The Hall–Kier alpha value is -1.62. The van der Waals surface area contributed by atoms with Crippen LogP contribution in [0.3, 0.4) is 0 Å². The lowest BCUT2D eigenvalue weighted by molar-refractivity contribution is 0.416. The summed E-state index contributed by atoms with van der Waals surface area (Å²) in [6, 6.07) is 5.98. The van der Waals surface area contributed by atoms with Crippen molar-refractivity contribution in [3.63, 3.8) is 0 Å². The Morgan fingerprint density at radius 1 is 1.37 bits per heavy atom. The Morgan fingerprint density at radius 3 is 2.84 bits per heavy atom. The summed E-state index contributed by atoms with van der Waals surface area (Å²) in [4.78, 5) is 8.87. The zero-order chi connectivity index (χ0) is 13.8. The molecule has 0 spiro atoms. The van der Waals surface area contributed by atoms with Crippen LogP contribution >= 0.6 is 15.9 Å². The fraction of sp³-hybridized carbons (Fsp3) is 0.286. The van der Waals surface area contributed by atoms with Crippen molar-refractivity contribution in [3.05, 3.63) is 34.4 Å². The molecule has 0 atom stereocenters. The molecule has 2 rings (SSSR count). The van der Waals surface area contributed by atoms with Crippen LogP contribution in [0.5, 0.6) is 5.75 Å². The number of hydrogen-bond acceptors (Lipinski definition) is 4. The third-order valence-corrected chi connectivity index (χ3v) is 3.27. The van der Waals surface area contributed by atoms with Crippen LogP contribution in [-0.4, -0.2) is 23.6 Å². The lowest BCUT2D eigenvalue weighted by atomic mass is 10.1. The minimum atomic E-state index is 0.649. The predicted molar refractivity (Wildman–Crippen MR) is 80.6 cm³/mol. The van der Waals surface area contributed by atoms with Gasteiger partial charge in [0.1, 0.15) is 11.6 Å². The molecule has 1 N–H and O–H groups in total. The van der Waals surface area contributed by atoms with Crippen LogP contribution in [-0.2, 0) is 0 Å². The highest BCUT2D eigenvalue weighted by Crippen LogP contribution is 2.30. The number of halogens is 1. The van der Waals surface area contributed by atoms with Crippen molar-refractivity contribution in [3.8, 4) is 17.1 Å². The van der Waals surface area contributed by atoms with Gasteiger partial charge in [-0.05, 0) is 47.5 Å². The van der Waals surface area contributed by atoms with Crippen LogP contribution in [0.25, 0.3) is 11.4 Å². The highest BCUT2D eigenvalue weighted by atomic mass is 79.9. The second-order valence-electron chi connectivity index (χ2n) is 4.12. The van der Waals surface area contributed by atoms with E-state index in [0.29, 0.717) is 5.82 Å².